The molecule has 154 valence electrons. The van der Waals surface area contributed by atoms with Crippen LogP contribution in [0.15, 0.2) is 54.2 Å². The van der Waals surface area contributed by atoms with E-state index in [9.17, 15) is 19.7 Å². The molecule has 2 aliphatic rings. The van der Waals surface area contributed by atoms with Crippen molar-refractivity contribution in [2.45, 2.75) is 0 Å². The van der Waals surface area contributed by atoms with Crippen LogP contribution in [0.3, 0.4) is 0 Å². The molecule has 0 unspecified atom stereocenters. The number of carbonyl (C=O) groups excluding carboxylic acids is 2. The number of hydrogen-bond donors (Lipinski definition) is 0. The van der Waals surface area contributed by atoms with Gasteiger partial charge in [-0.25, -0.2) is 4.90 Å². The largest absolute Gasteiger partial charge is 0.497 e. The van der Waals surface area contributed by atoms with E-state index in [2.05, 4.69) is 0 Å². The number of imide groups is 1. The second-order valence-electron chi connectivity index (χ2n) is 6.77. The quantitative estimate of drug-likeness (QED) is 0.424. The van der Waals surface area contributed by atoms with Crippen LogP contribution in [0.2, 0.25) is 0 Å². The number of nitrogens with zero attached hydrogens (tertiary/aromatic N) is 3. The Bertz CT molecular complexity index is 1040. The van der Waals surface area contributed by atoms with Crippen molar-refractivity contribution in [2.75, 3.05) is 38.3 Å². The van der Waals surface area contributed by atoms with Crippen LogP contribution in [0.25, 0.3) is 5.57 Å². The van der Waals surface area contributed by atoms with E-state index >= 15 is 0 Å². The van der Waals surface area contributed by atoms with E-state index < -0.39 is 16.7 Å². The number of amides is 2. The number of nitro groups is 1. The summed E-state index contributed by atoms with van der Waals surface area (Å²) < 4.78 is 10.6. The van der Waals surface area contributed by atoms with Gasteiger partial charge < -0.3 is 14.4 Å². The van der Waals surface area contributed by atoms with Gasteiger partial charge in [0.2, 0.25) is 0 Å². The molecule has 1 fully saturated rings. The van der Waals surface area contributed by atoms with Crippen LogP contribution in [-0.2, 0) is 14.3 Å². The third-order valence-corrected chi connectivity index (χ3v) is 5.07. The van der Waals surface area contributed by atoms with Gasteiger partial charge in [-0.15, -0.1) is 0 Å². The highest BCUT2D eigenvalue weighted by molar-refractivity contribution is 6.45. The fourth-order valence-corrected chi connectivity index (χ4v) is 3.59. The summed E-state index contributed by atoms with van der Waals surface area (Å²) >= 11 is 0. The van der Waals surface area contributed by atoms with Gasteiger partial charge in [0.15, 0.2) is 0 Å². The molecule has 0 bridgehead atoms. The van der Waals surface area contributed by atoms with Crippen molar-refractivity contribution in [3.8, 4) is 5.75 Å². The molecule has 2 heterocycles. The maximum absolute atomic E-state index is 13.4. The highest BCUT2D eigenvalue weighted by Crippen LogP contribution is 2.36. The average Bonchev–Trinajstić information content (AvgIpc) is 3.04. The molecule has 0 N–H and O–H groups in total. The minimum Gasteiger partial charge on any atom is -0.497 e. The fraction of sp³-hybridized carbons (Fsp3) is 0.238. The Hall–Kier alpha value is -3.72. The third kappa shape index (κ3) is 3.39. The molecule has 9 nitrogen and oxygen atoms in total. The molecule has 2 aromatic rings. The maximum atomic E-state index is 13.4. The van der Waals surface area contributed by atoms with E-state index in [-0.39, 0.29) is 17.0 Å². The number of benzene rings is 2. The second kappa shape index (κ2) is 7.96. The van der Waals surface area contributed by atoms with E-state index in [1.54, 1.807) is 24.3 Å². The molecular formula is C21H19N3O6. The zero-order chi connectivity index (χ0) is 21.3. The van der Waals surface area contributed by atoms with Crippen LogP contribution in [0.5, 0.6) is 5.75 Å². The topological polar surface area (TPSA) is 102 Å². The molecule has 1 saturated heterocycles. The van der Waals surface area contributed by atoms with Gasteiger partial charge in [0, 0.05) is 31.3 Å². The zero-order valence-electron chi connectivity index (χ0n) is 16.2. The summed E-state index contributed by atoms with van der Waals surface area (Å²) in [7, 11) is 1.51. The molecule has 0 aromatic heterocycles. The van der Waals surface area contributed by atoms with Gasteiger partial charge >= 0.3 is 0 Å². The zero-order valence-corrected chi connectivity index (χ0v) is 16.2. The molecule has 30 heavy (non-hydrogen) atoms. The second-order valence-corrected chi connectivity index (χ2v) is 6.77. The molecular weight excluding hydrogens is 390 g/mol. The molecule has 9 heteroatoms. The van der Waals surface area contributed by atoms with Gasteiger partial charge in [0.05, 0.1) is 36.5 Å². The summed E-state index contributed by atoms with van der Waals surface area (Å²) in [5.41, 5.74) is 1.26. The van der Waals surface area contributed by atoms with Gasteiger partial charge in [-0.05, 0) is 29.8 Å². The minimum absolute atomic E-state index is 0.0892. The van der Waals surface area contributed by atoms with Crippen molar-refractivity contribution in [1.29, 1.82) is 0 Å². The lowest BCUT2D eigenvalue weighted by Gasteiger charge is -2.29. The van der Waals surface area contributed by atoms with E-state index in [4.69, 9.17) is 9.47 Å². The highest BCUT2D eigenvalue weighted by atomic mass is 16.6. The number of anilines is 1. The summed E-state index contributed by atoms with van der Waals surface area (Å²) in [4.78, 5) is 40.2. The smallest absolute Gasteiger partial charge is 0.282 e. The number of carbonyl (C=O) groups is 2. The van der Waals surface area contributed by atoms with Crippen LogP contribution in [0.1, 0.15) is 5.56 Å². The molecule has 2 aliphatic heterocycles. The van der Waals surface area contributed by atoms with Crippen molar-refractivity contribution in [3.63, 3.8) is 0 Å². The monoisotopic (exact) mass is 409 g/mol. The summed E-state index contributed by atoms with van der Waals surface area (Å²) in [6.07, 6.45) is 0. The number of ether oxygens (including phenoxy) is 2. The standard InChI is InChI=1S/C21H19N3O6/c1-29-17-4-2-3-16(13-17)23-20(25)18(14-5-7-15(8-6-14)24(27)28)19(21(23)26)22-9-11-30-12-10-22/h2-8,13H,9-12H2,1H3. The number of methoxy groups -OCH3 is 1. The number of non-ortho nitro benzene ring substituents is 1. The summed E-state index contributed by atoms with van der Waals surface area (Å²) in [6.45, 7) is 1.82. The van der Waals surface area contributed by atoms with Gasteiger partial charge in [-0.1, -0.05) is 6.07 Å². The number of nitro benzene ring substituents is 1. The van der Waals surface area contributed by atoms with Crippen molar-refractivity contribution >= 4 is 28.8 Å². The Morgan fingerprint density at radius 3 is 2.37 bits per heavy atom. The highest BCUT2D eigenvalue weighted by Gasteiger charge is 2.43. The predicted octanol–water partition coefficient (Wildman–Crippen LogP) is 2.22. The Labute approximate surface area is 172 Å². The molecule has 4 rings (SSSR count). The Balaban J connectivity index is 1.81. The van der Waals surface area contributed by atoms with Crippen LogP contribution in [0.4, 0.5) is 11.4 Å². The van der Waals surface area contributed by atoms with Gasteiger partial charge in [0.1, 0.15) is 11.4 Å². The summed E-state index contributed by atoms with van der Waals surface area (Å²) in [5, 5.41) is 11.0. The summed E-state index contributed by atoms with van der Waals surface area (Å²) in [6, 6.07) is 12.3. The van der Waals surface area contributed by atoms with E-state index in [0.717, 1.165) is 4.90 Å². The van der Waals surface area contributed by atoms with Gasteiger partial charge in [-0.3, -0.25) is 19.7 Å². The Morgan fingerprint density at radius 2 is 1.73 bits per heavy atom. The maximum Gasteiger partial charge on any atom is 0.282 e. The third-order valence-electron chi connectivity index (χ3n) is 5.07. The number of hydrogen-bond acceptors (Lipinski definition) is 7. The first-order valence-corrected chi connectivity index (χ1v) is 9.36. The van der Waals surface area contributed by atoms with E-state index in [1.165, 1.54) is 31.4 Å². The van der Waals surface area contributed by atoms with Crippen molar-refractivity contribution in [2.24, 2.45) is 0 Å². The summed E-state index contributed by atoms with van der Waals surface area (Å²) in [5.74, 6) is -0.406. The van der Waals surface area contributed by atoms with E-state index in [0.29, 0.717) is 43.3 Å². The lowest BCUT2D eigenvalue weighted by atomic mass is 10.0. The first-order valence-electron chi connectivity index (χ1n) is 9.36. The molecule has 2 amide bonds. The SMILES string of the molecule is COc1cccc(N2C(=O)C(c3ccc([N+](=O)[O-])cc3)=C(N3CCOCC3)C2=O)c1. The average molecular weight is 409 g/mol. The first-order chi connectivity index (χ1) is 14.5. The Morgan fingerprint density at radius 1 is 1.03 bits per heavy atom. The van der Waals surface area contributed by atoms with Crippen LogP contribution in [-0.4, -0.2) is 55.1 Å². The van der Waals surface area contributed by atoms with Gasteiger partial charge in [-0.2, -0.15) is 0 Å². The van der Waals surface area contributed by atoms with Crippen LogP contribution in [0, 0.1) is 10.1 Å². The molecule has 0 atom stereocenters. The normalized spacial score (nSPS) is 17.0. The van der Waals surface area contributed by atoms with E-state index in [1.807, 2.05) is 4.90 Å². The predicted molar refractivity (Wildman–Crippen MR) is 108 cm³/mol. The van der Waals surface area contributed by atoms with Gasteiger partial charge in [0.25, 0.3) is 17.5 Å². The lowest BCUT2D eigenvalue weighted by molar-refractivity contribution is -0.384. The molecule has 0 saturated carbocycles. The lowest BCUT2D eigenvalue weighted by Crippen LogP contribution is -2.40. The number of morpholine rings is 1. The number of rotatable bonds is 5. The molecule has 0 spiro atoms. The molecule has 0 aliphatic carbocycles. The minimum atomic E-state index is -0.509. The van der Waals surface area contributed by atoms with Crippen molar-refractivity contribution < 1.29 is 24.0 Å². The first kappa shape index (κ1) is 19.6. The van der Waals surface area contributed by atoms with Crippen LogP contribution >= 0.6 is 0 Å². The molecule has 2 aromatic carbocycles. The molecule has 0 radical (unpaired) electrons. The van der Waals surface area contributed by atoms with Crippen molar-refractivity contribution in [1.82, 2.24) is 4.90 Å². The Kier molecular flexibility index (Phi) is 5.20. The fourth-order valence-electron chi connectivity index (χ4n) is 3.59. The van der Waals surface area contributed by atoms with Crippen molar-refractivity contribution in [3.05, 3.63) is 69.9 Å². The van der Waals surface area contributed by atoms with Crippen LogP contribution < -0.4 is 9.64 Å².